The Bertz CT molecular complexity index is 1950. The average Bonchev–Trinajstić information content (AvgIpc) is 3.31. The molecule has 0 N–H and O–H groups in total. The van der Waals surface area contributed by atoms with E-state index in [2.05, 4.69) is 124 Å². The van der Waals surface area contributed by atoms with E-state index >= 15 is 0 Å². The Morgan fingerprint density at radius 3 is 0.817 bits per heavy atom. The second-order valence-corrected chi connectivity index (χ2v) is 15.4. The molecule has 9 nitrogen and oxygen atoms in total. The van der Waals surface area contributed by atoms with E-state index in [1.807, 2.05) is 55.4 Å². The summed E-state index contributed by atoms with van der Waals surface area (Å²) in [6.45, 7) is 4.63. The highest BCUT2D eigenvalue weighted by atomic mass is 15.3. The number of aryl methyl sites for hydroxylation is 3. The smallest absolute Gasteiger partial charge is 0.225 e. The summed E-state index contributed by atoms with van der Waals surface area (Å²) in [5.74, 6) is 2.25. The monoisotopic (exact) mass is 795 g/mol. The maximum Gasteiger partial charge on any atom is 0.225 e. The summed E-state index contributed by atoms with van der Waals surface area (Å²) in [5.41, 5.74) is 7.77. The molecule has 0 amide bonds. The Morgan fingerprint density at radius 2 is 0.550 bits per heavy atom. The summed E-state index contributed by atoms with van der Waals surface area (Å²) in [5, 5.41) is 0. The van der Waals surface area contributed by atoms with Crippen molar-refractivity contribution in [3.05, 3.63) is 198 Å². The molecule has 0 saturated heterocycles. The van der Waals surface area contributed by atoms with Crippen molar-refractivity contribution in [3.63, 3.8) is 0 Å². The van der Waals surface area contributed by atoms with Gasteiger partial charge in [0.15, 0.2) is 0 Å². The maximum absolute atomic E-state index is 4.73. The second-order valence-electron chi connectivity index (χ2n) is 15.4. The minimum absolute atomic E-state index is 0.689. The zero-order valence-corrected chi connectivity index (χ0v) is 34.7. The Hall–Kier alpha value is -6.48. The van der Waals surface area contributed by atoms with Gasteiger partial charge in [0.2, 0.25) is 17.8 Å². The standard InChI is InChI=1S/C51H57N9/c1-4-19-43(20-5-1)25-10-13-34-58(49-52-28-16-29-53-49)40-46-37-47(41-59(50-54-30-17-31-55-50)35-14-11-26-44-21-6-2-7-22-44)39-48(38-46)42-60(51-56-32-18-33-57-51)36-15-12-27-45-23-8-3-9-24-45/h1-9,16-24,28-33,37-39H,10-15,25-27,34-36,40-42H2. The molecule has 9 heteroatoms. The van der Waals surface area contributed by atoms with Crippen LogP contribution in [0.25, 0.3) is 0 Å². The highest BCUT2D eigenvalue weighted by Crippen LogP contribution is 2.23. The van der Waals surface area contributed by atoms with Gasteiger partial charge in [-0.1, -0.05) is 109 Å². The van der Waals surface area contributed by atoms with E-state index in [4.69, 9.17) is 29.9 Å². The molecule has 306 valence electrons. The lowest BCUT2D eigenvalue weighted by atomic mass is 10.0. The molecule has 4 aromatic carbocycles. The van der Waals surface area contributed by atoms with Gasteiger partial charge in [-0.15, -0.1) is 0 Å². The SMILES string of the molecule is c1ccc(CCCCN(Cc2cc(CN(CCCCc3ccccc3)c3ncccn3)cc(CN(CCCCc3ccccc3)c3ncccn3)c2)c2ncccn2)cc1. The molecule has 3 heterocycles. The highest BCUT2D eigenvalue weighted by Gasteiger charge is 2.17. The highest BCUT2D eigenvalue weighted by molar-refractivity contribution is 5.41. The van der Waals surface area contributed by atoms with E-state index in [1.165, 1.54) is 33.4 Å². The number of anilines is 3. The minimum Gasteiger partial charge on any atom is -0.337 e. The molecular formula is C51H57N9. The maximum atomic E-state index is 4.73. The lowest BCUT2D eigenvalue weighted by Gasteiger charge is -2.27. The lowest BCUT2D eigenvalue weighted by Crippen LogP contribution is -2.28. The van der Waals surface area contributed by atoms with Gasteiger partial charge in [-0.3, -0.25) is 0 Å². The van der Waals surface area contributed by atoms with Crippen molar-refractivity contribution in [1.29, 1.82) is 0 Å². The summed E-state index contributed by atoms with van der Waals surface area (Å²) in [4.78, 5) is 35.3. The average molecular weight is 796 g/mol. The molecule has 0 aliphatic rings. The van der Waals surface area contributed by atoms with Crippen molar-refractivity contribution in [2.24, 2.45) is 0 Å². The topological polar surface area (TPSA) is 87.1 Å². The molecule has 0 fully saturated rings. The predicted molar refractivity (Wildman–Crippen MR) is 244 cm³/mol. The van der Waals surface area contributed by atoms with E-state index < -0.39 is 0 Å². The van der Waals surface area contributed by atoms with Crippen LogP contribution in [0.15, 0.2) is 165 Å². The van der Waals surface area contributed by atoms with E-state index in [9.17, 15) is 0 Å². The molecule has 7 aromatic rings. The molecule has 0 radical (unpaired) electrons. The third-order valence-corrected chi connectivity index (χ3v) is 10.7. The van der Waals surface area contributed by atoms with Crippen LogP contribution in [-0.2, 0) is 38.9 Å². The van der Waals surface area contributed by atoms with Crippen molar-refractivity contribution in [2.45, 2.75) is 77.4 Å². The van der Waals surface area contributed by atoms with Gasteiger partial charge in [-0.2, -0.15) is 0 Å². The summed E-state index contributed by atoms with van der Waals surface area (Å²) in [6, 6.07) is 45.0. The van der Waals surface area contributed by atoms with E-state index in [1.54, 1.807) is 0 Å². The first-order valence-corrected chi connectivity index (χ1v) is 21.5. The first kappa shape index (κ1) is 41.7. The fourth-order valence-corrected chi connectivity index (χ4v) is 7.72. The molecule has 0 atom stereocenters. The molecule has 0 bridgehead atoms. The zero-order valence-electron chi connectivity index (χ0n) is 34.7. The molecular weight excluding hydrogens is 739 g/mol. The Labute approximate surface area is 356 Å². The van der Waals surface area contributed by atoms with Crippen LogP contribution in [0.1, 0.15) is 71.9 Å². The minimum atomic E-state index is 0.689. The van der Waals surface area contributed by atoms with Crippen molar-refractivity contribution >= 4 is 17.8 Å². The van der Waals surface area contributed by atoms with Crippen LogP contribution in [-0.4, -0.2) is 49.5 Å². The van der Waals surface area contributed by atoms with Crippen LogP contribution in [0.2, 0.25) is 0 Å². The van der Waals surface area contributed by atoms with Gasteiger partial charge < -0.3 is 14.7 Å². The van der Waals surface area contributed by atoms with Crippen molar-refractivity contribution < 1.29 is 0 Å². The summed E-state index contributed by atoms with van der Waals surface area (Å²) in [6.07, 6.45) is 20.6. The predicted octanol–water partition coefficient (Wildman–Crippen LogP) is 10.1. The van der Waals surface area contributed by atoms with E-state index in [0.29, 0.717) is 19.6 Å². The third kappa shape index (κ3) is 13.5. The van der Waals surface area contributed by atoms with Gasteiger partial charge in [0.05, 0.1) is 0 Å². The molecule has 0 saturated carbocycles. The van der Waals surface area contributed by atoms with Crippen LogP contribution in [0.4, 0.5) is 17.8 Å². The van der Waals surface area contributed by atoms with Gasteiger partial charge in [0, 0.05) is 76.4 Å². The number of unbranched alkanes of at least 4 members (excludes halogenated alkanes) is 3. The molecule has 7 rings (SSSR count). The fourth-order valence-electron chi connectivity index (χ4n) is 7.72. The first-order chi connectivity index (χ1) is 29.7. The molecule has 0 spiro atoms. The van der Waals surface area contributed by atoms with Gasteiger partial charge in [-0.25, -0.2) is 29.9 Å². The third-order valence-electron chi connectivity index (χ3n) is 10.7. The van der Waals surface area contributed by atoms with Gasteiger partial charge >= 0.3 is 0 Å². The Kier molecular flexibility index (Phi) is 16.1. The van der Waals surface area contributed by atoms with Crippen molar-refractivity contribution in [2.75, 3.05) is 34.3 Å². The van der Waals surface area contributed by atoms with Crippen LogP contribution < -0.4 is 14.7 Å². The van der Waals surface area contributed by atoms with Crippen molar-refractivity contribution in [3.8, 4) is 0 Å². The molecule has 3 aromatic heterocycles. The zero-order chi connectivity index (χ0) is 40.9. The van der Waals surface area contributed by atoms with E-state index in [-0.39, 0.29) is 0 Å². The quantitative estimate of drug-likeness (QED) is 0.0555. The normalized spacial score (nSPS) is 11.0. The fraction of sp³-hybridized carbons (Fsp3) is 0.294. The largest absolute Gasteiger partial charge is 0.337 e. The van der Waals surface area contributed by atoms with Crippen molar-refractivity contribution in [1.82, 2.24) is 29.9 Å². The summed E-state index contributed by atoms with van der Waals surface area (Å²) >= 11 is 0. The second kappa shape index (κ2) is 23.2. The van der Waals surface area contributed by atoms with Gasteiger partial charge in [0.25, 0.3) is 0 Å². The number of hydrogen-bond donors (Lipinski definition) is 0. The number of benzene rings is 4. The molecule has 60 heavy (non-hydrogen) atoms. The van der Waals surface area contributed by atoms with Crippen LogP contribution in [0.5, 0.6) is 0 Å². The number of nitrogens with zero attached hydrogens (tertiary/aromatic N) is 9. The van der Waals surface area contributed by atoms with Crippen LogP contribution >= 0.6 is 0 Å². The van der Waals surface area contributed by atoms with Gasteiger partial charge in [0.1, 0.15) is 0 Å². The number of hydrogen-bond acceptors (Lipinski definition) is 9. The number of rotatable bonds is 24. The Morgan fingerprint density at radius 1 is 0.283 bits per heavy atom. The molecule has 0 unspecified atom stereocenters. The number of aromatic nitrogens is 6. The molecule has 0 aliphatic carbocycles. The van der Waals surface area contributed by atoms with Crippen LogP contribution in [0, 0.1) is 0 Å². The summed E-state index contributed by atoms with van der Waals surface area (Å²) in [7, 11) is 0. The van der Waals surface area contributed by atoms with E-state index in [0.717, 1.165) is 95.3 Å². The lowest BCUT2D eigenvalue weighted by molar-refractivity contribution is 0.661. The summed E-state index contributed by atoms with van der Waals surface area (Å²) < 4.78 is 0. The first-order valence-electron chi connectivity index (χ1n) is 21.5. The van der Waals surface area contributed by atoms with Gasteiger partial charge in [-0.05, 0) is 109 Å². The van der Waals surface area contributed by atoms with Crippen LogP contribution in [0.3, 0.4) is 0 Å². The Balaban J connectivity index is 1.14. The molecule has 0 aliphatic heterocycles.